The molecule has 0 aliphatic heterocycles. The SMILES string of the molecule is CCC.CNCCc1ccc(F)cc1.[HH]. The Morgan fingerprint density at radius 3 is 2.14 bits per heavy atom. The number of benzene rings is 1. The van der Waals surface area contributed by atoms with Crippen molar-refractivity contribution >= 4 is 0 Å². The lowest BCUT2D eigenvalue weighted by Crippen LogP contribution is -2.10. The van der Waals surface area contributed by atoms with Crippen molar-refractivity contribution in [2.45, 2.75) is 26.7 Å². The fourth-order valence-electron chi connectivity index (χ4n) is 0.920. The average Bonchev–Trinajstić information content (AvgIpc) is 2.18. The van der Waals surface area contributed by atoms with Gasteiger partial charge in [-0.05, 0) is 37.7 Å². The van der Waals surface area contributed by atoms with Gasteiger partial charge in [-0.15, -0.1) is 0 Å². The zero-order chi connectivity index (χ0) is 10.8. The van der Waals surface area contributed by atoms with Crippen molar-refractivity contribution in [3.05, 3.63) is 35.6 Å². The summed E-state index contributed by atoms with van der Waals surface area (Å²) in [5.74, 6) is -0.168. The molecule has 0 saturated carbocycles. The maximum Gasteiger partial charge on any atom is 0.123 e. The summed E-state index contributed by atoms with van der Waals surface area (Å²) in [7, 11) is 1.91. The Kier molecular flexibility index (Phi) is 8.14. The molecule has 0 heterocycles. The van der Waals surface area contributed by atoms with Crippen molar-refractivity contribution < 1.29 is 5.82 Å². The van der Waals surface area contributed by atoms with E-state index < -0.39 is 0 Å². The average molecular weight is 199 g/mol. The standard InChI is InChI=1S/C9H12FN.C3H8.H2/c1-11-7-6-8-2-4-9(10)5-3-8;1-3-2;/h2-5,11H,6-7H2,1H3;3H2,1-2H3;1H. The number of hydrogen-bond donors (Lipinski definition) is 1. The van der Waals surface area contributed by atoms with Crippen LogP contribution in [0.4, 0.5) is 4.39 Å². The fourth-order valence-corrected chi connectivity index (χ4v) is 0.920. The molecule has 0 aliphatic carbocycles. The lowest BCUT2D eigenvalue weighted by Gasteiger charge is -1.98. The quantitative estimate of drug-likeness (QED) is 0.788. The maximum absolute atomic E-state index is 12.4. The predicted molar refractivity (Wildman–Crippen MR) is 62.1 cm³/mol. The number of halogens is 1. The summed E-state index contributed by atoms with van der Waals surface area (Å²) in [5.41, 5.74) is 1.17. The summed E-state index contributed by atoms with van der Waals surface area (Å²) in [6.45, 7) is 5.19. The number of nitrogens with one attached hydrogen (secondary N) is 1. The third-order valence-electron chi connectivity index (χ3n) is 1.58. The Morgan fingerprint density at radius 1 is 1.21 bits per heavy atom. The van der Waals surface area contributed by atoms with Crippen molar-refractivity contribution in [2.24, 2.45) is 0 Å². The molecule has 0 unspecified atom stereocenters. The van der Waals surface area contributed by atoms with Gasteiger partial charge in [0, 0.05) is 1.43 Å². The molecule has 0 spiro atoms. The fraction of sp³-hybridized carbons (Fsp3) is 0.500. The molecule has 1 nitrogen and oxygen atoms in total. The van der Waals surface area contributed by atoms with E-state index in [-0.39, 0.29) is 7.24 Å². The van der Waals surface area contributed by atoms with E-state index in [2.05, 4.69) is 19.2 Å². The highest BCUT2D eigenvalue weighted by Gasteiger charge is 1.91. The van der Waals surface area contributed by atoms with Gasteiger partial charge in [0.2, 0.25) is 0 Å². The van der Waals surface area contributed by atoms with Crippen LogP contribution in [0.1, 0.15) is 27.3 Å². The third kappa shape index (κ3) is 6.61. The van der Waals surface area contributed by atoms with Gasteiger partial charge in [0.1, 0.15) is 5.82 Å². The van der Waals surface area contributed by atoms with Crippen LogP contribution in [-0.4, -0.2) is 13.6 Å². The predicted octanol–water partition coefficient (Wildman–Crippen LogP) is 3.25. The Labute approximate surface area is 87.8 Å². The van der Waals surface area contributed by atoms with E-state index >= 15 is 0 Å². The normalized spacial score (nSPS) is 9.14. The van der Waals surface area contributed by atoms with Crippen molar-refractivity contribution in [3.63, 3.8) is 0 Å². The van der Waals surface area contributed by atoms with Gasteiger partial charge in [-0.1, -0.05) is 32.4 Å². The van der Waals surface area contributed by atoms with Crippen LogP contribution in [0.2, 0.25) is 0 Å². The number of rotatable bonds is 3. The Hall–Kier alpha value is -0.890. The smallest absolute Gasteiger partial charge is 0.123 e. The van der Waals surface area contributed by atoms with Crippen molar-refractivity contribution in [3.8, 4) is 0 Å². The van der Waals surface area contributed by atoms with Crippen LogP contribution in [0.5, 0.6) is 0 Å². The van der Waals surface area contributed by atoms with Crippen molar-refractivity contribution in [2.75, 3.05) is 13.6 Å². The molecule has 1 N–H and O–H groups in total. The molecule has 82 valence electrons. The van der Waals surface area contributed by atoms with Crippen molar-refractivity contribution in [1.29, 1.82) is 0 Å². The zero-order valence-electron chi connectivity index (χ0n) is 9.31. The van der Waals surface area contributed by atoms with Crippen LogP contribution in [-0.2, 0) is 6.42 Å². The Balaban J connectivity index is 0. The van der Waals surface area contributed by atoms with Gasteiger partial charge < -0.3 is 5.32 Å². The van der Waals surface area contributed by atoms with Crippen LogP contribution in [0.25, 0.3) is 0 Å². The van der Waals surface area contributed by atoms with E-state index in [1.165, 1.54) is 24.1 Å². The van der Waals surface area contributed by atoms with Crippen LogP contribution < -0.4 is 5.32 Å². The minimum atomic E-state index is -0.168. The summed E-state index contributed by atoms with van der Waals surface area (Å²) in [6.07, 6.45) is 2.21. The van der Waals surface area contributed by atoms with Gasteiger partial charge >= 0.3 is 0 Å². The molecule has 0 amide bonds. The van der Waals surface area contributed by atoms with E-state index in [0.717, 1.165) is 13.0 Å². The van der Waals surface area contributed by atoms with Gasteiger partial charge in [-0.3, -0.25) is 0 Å². The van der Waals surface area contributed by atoms with Gasteiger partial charge in [0.05, 0.1) is 0 Å². The van der Waals surface area contributed by atoms with E-state index in [0.29, 0.717) is 0 Å². The van der Waals surface area contributed by atoms with E-state index in [4.69, 9.17) is 0 Å². The van der Waals surface area contributed by atoms with Crippen LogP contribution >= 0.6 is 0 Å². The maximum atomic E-state index is 12.4. The highest BCUT2D eigenvalue weighted by molar-refractivity contribution is 5.16. The molecule has 0 atom stereocenters. The first-order chi connectivity index (χ1) is 6.74. The molecule has 14 heavy (non-hydrogen) atoms. The first-order valence-corrected chi connectivity index (χ1v) is 5.13. The Bertz CT molecular complexity index is 224. The molecule has 0 aromatic heterocycles. The molecule has 2 heteroatoms. The molecule has 0 fully saturated rings. The van der Waals surface area contributed by atoms with E-state index in [9.17, 15) is 4.39 Å². The van der Waals surface area contributed by atoms with E-state index in [1.807, 2.05) is 19.2 Å². The minimum absolute atomic E-state index is 0. The second-order valence-corrected chi connectivity index (χ2v) is 3.19. The summed E-state index contributed by atoms with van der Waals surface area (Å²) >= 11 is 0. The zero-order valence-corrected chi connectivity index (χ0v) is 9.31. The number of likely N-dealkylation sites (N-methyl/N-ethyl adjacent to an activating group) is 1. The molecule has 1 aromatic carbocycles. The number of hydrogen-bond acceptors (Lipinski definition) is 1. The van der Waals surface area contributed by atoms with Crippen LogP contribution in [0.15, 0.2) is 24.3 Å². The highest BCUT2D eigenvalue weighted by Crippen LogP contribution is 2.02. The van der Waals surface area contributed by atoms with Gasteiger partial charge in [-0.25, -0.2) is 4.39 Å². The molecule has 1 aromatic rings. The lowest BCUT2D eigenvalue weighted by atomic mass is 10.1. The highest BCUT2D eigenvalue weighted by atomic mass is 19.1. The van der Waals surface area contributed by atoms with E-state index in [1.54, 1.807) is 0 Å². The topological polar surface area (TPSA) is 12.0 Å². The molecular weight excluding hydrogens is 177 g/mol. The molecule has 0 bridgehead atoms. The summed E-state index contributed by atoms with van der Waals surface area (Å²) in [6, 6.07) is 6.61. The van der Waals surface area contributed by atoms with Gasteiger partial charge in [0.15, 0.2) is 0 Å². The molecule has 0 radical (unpaired) electrons. The monoisotopic (exact) mass is 199 g/mol. The second kappa shape index (κ2) is 8.70. The molecule has 0 saturated heterocycles. The van der Waals surface area contributed by atoms with Crippen LogP contribution in [0, 0.1) is 5.82 Å². The second-order valence-electron chi connectivity index (χ2n) is 3.19. The first-order valence-electron chi connectivity index (χ1n) is 5.13. The van der Waals surface area contributed by atoms with Crippen LogP contribution in [0.3, 0.4) is 0 Å². The lowest BCUT2D eigenvalue weighted by molar-refractivity contribution is 0.626. The Morgan fingerprint density at radius 2 is 1.71 bits per heavy atom. The molecular formula is C12H22FN. The van der Waals surface area contributed by atoms with Gasteiger partial charge in [-0.2, -0.15) is 0 Å². The summed E-state index contributed by atoms with van der Waals surface area (Å²) in [4.78, 5) is 0. The third-order valence-corrected chi connectivity index (χ3v) is 1.58. The molecule has 0 aliphatic rings. The minimum Gasteiger partial charge on any atom is -0.319 e. The largest absolute Gasteiger partial charge is 0.319 e. The first kappa shape index (κ1) is 13.1. The summed E-state index contributed by atoms with van der Waals surface area (Å²) in [5, 5.41) is 3.04. The van der Waals surface area contributed by atoms with Crippen molar-refractivity contribution in [1.82, 2.24) is 5.32 Å². The molecule has 1 rings (SSSR count). The van der Waals surface area contributed by atoms with Gasteiger partial charge in [0.25, 0.3) is 0 Å². The summed E-state index contributed by atoms with van der Waals surface area (Å²) < 4.78 is 12.4.